The third-order valence-electron chi connectivity index (χ3n) is 2.99. The molecule has 0 bridgehead atoms. The van der Waals surface area contributed by atoms with E-state index >= 15 is 0 Å². The fraction of sp³-hybridized carbons (Fsp3) is 0.500. The van der Waals surface area contributed by atoms with E-state index in [1.54, 1.807) is 6.33 Å². The quantitative estimate of drug-likeness (QED) is 0.825. The number of likely N-dealkylation sites (N-methyl/N-ethyl adjacent to an activating group) is 1. The van der Waals surface area contributed by atoms with Crippen molar-refractivity contribution in [3.05, 3.63) is 18.6 Å². The van der Waals surface area contributed by atoms with Gasteiger partial charge in [0.25, 0.3) is 0 Å². The van der Waals surface area contributed by atoms with Gasteiger partial charge in [0.05, 0.1) is 5.39 Å². The van der Waals surface area contributed by atoms with Gasteiger partial charge in [0.15, 0.2) is 0 Å². The summed E-state index contributed by atoms with van der Waals surface area (Å²) >= 11 is 0. The van der Waals surface area contributed by atoms with Gasteiger partial charge in [-0.3, -0.25) is 0 Å². The van der Waals surface area contributed by atoms with Crippen molar-refractivity contribution in [3.8, 4) is 0 Å². The molecule has 0 aliphatic rings. The maximum atomic E-state index is 4.26. The van der Waals surface area contributed by atoms with Crippen molar-refractivity contribution < 1.29 is 0 Å². The van der Waals surface area contributed by atoms with Crippen LogP contribution in [0.25, 0.3) is 11.0 Å². The number of nitrogens with zero attached hydrogens (tertiary/aromatic N) is 3. The van der Waals surface area contributed by atoms with Gasteiger partial charge in [-0.15, -0.1) is 0 Å². The zero-order valence-electron chi connectivity index (χ0n) is 10.6. The Morgan fingerprint density at radius 1 is 1.41 bits per heavy atom. The summed E-state index contributed by atoms with van der Waals surface area (Å²) < 4.78 is 0. The molecule has 5 nitrogen and oxygen atoms in total. The van der Waals surface area contributed by atoms with Crippen LogP contribution in [0.3, 0.4) is 0 Å². The van der Waals surface area contributed by atoms with Crippen LogP contribution >= 0.6 is 0 Å². The van der Waals surface area contributed by atoms with Crippen molar-refractivity contribution in [2.45, 2.75) is 19.9 Å². The Kier molecular flexibility index (Phi) is 3.58. The molecule has 2 N–H and O–H groups in total. The van der Waals surface area contributed by atoms with E-state index in [0.29, 0.717) is 6.04 Å². The average Bonchev–Trinajstić information content (AvgIpc) is 2.77. The van der Waals surface area contributed by atoms with Gasteiger partial charge >= 0.3 is 0 Å². The molecule has 2 rings (SSSR count). The minimum Gasteiger partial charge on any atom is -0.368 e. The molecule has 0 unspecified atom stereocenters. The smallest absolute Gasteiger partial charge is 0.142 e. The number of aromatic nitrogens is 3. The van der Waals surface area contributed by atoms with E-state index in [1.165, 1.54) is 0 Å². The Labute approximate surface area is 101 Å². The van der Waals surface area contributed by atoms with E-state index in [1.807, 2.05) is 12.3 Å². The SMILES string of the molecule is CC(C)N(C)CCNc1ncnc2[nH]ccc12. The molecule has 0 fully saturated rings. The fourth-order valence-electron chi connectivity index (χ4n) is 1.62. The highest BCUT2D eigenvalue weighted by Crippen LogP contribution is 2.16. The molecule has 2 aromatic rings. The Bertz CT molecular complexity index is 476. The van der Waals surface area contributed by atoms with Crippen LogP contribution in [-0.4, -0.2) is 46.0 Å². The third-order valence-corrected chi connectivity index (χ3v) is 2.99. The van der Waals surface area contributed by atoms with Crippen LogP contribution in [0.1, 0.15) is 13.8 Å². The van der Waals surface area contributed by atoms with Gasteiger partial charge in [-0.05, 0) is 27.0 Å². The molecule has 0 aliphatic carbocycles. The molecule has 17 heavy (non-hydrogen) atoms. The van der Waals surface area contributed by atoms with E-state index in [4.69, 9.17) is 0 Å². The number of hydrogen-bond donors (Lipinski definition) is 2. The van der Waals surface area contributed by atoms with Crippen LogP contribution in [0.2, 0.25) is 0 Å². The molecule has 5 heteroatoms. The Morgan fingerprint density at radius 2 is 2.24 bits per heavy atom. The molecule has 0 saturated heterocycles. The zero-order valence-corrected chi connectivity index (χ0v) is 10.6. The highest BCUT2D eigenvalue weighted by Gasteiger charge is 2.05. The molecule has 0 atom stereocenters. The highest BCUT2D eigenvalue weighted by molar-refractivity contribution is 5.86. The molecule has 92 valence electrons. The topological polar surface area (TPSA) is 56.8 Å². The number of aromatic amines is 1. The maximum Gasteiger partial charge on any atom is 0.142 e. The van der Waals surface area contributed by atoms with Crippen molar-refractivity contribution in [3.63, 3.8) is 0 Å². The molecule has 0 spiro atoms. The lowest BCUT2D eigenvalue weighted by Gasteiger charge is -2.21. The average molecular weight is 233 g/mol. The van der Waals surface area contributed by atoms with E-state index in [2.05, 4.69) is 46.1 Å². The summed E-state index contributed by atoms with van der Waals surface area (Å²) in [7, 11) is 2.12. The summed E-state index contributed by atoms with van der Waals surface area (Å²) in [5.41, 5.74) is 0.875. The van der Waals surface area contributed by atoms with E-state index in [-0.39, 0.29) is 0 Å². The molecular formula is C12H19N5. The lowest BCUT2D eigenvalue weighted by molar-refractivity contribution is 0.284. The van der Waals surface area contributed by atoms with Gasteiger partial charge in [-0.2, -0.15) is 0 Å². The second kappa shape index (κ2) is 5.14. The van der Waals surface area contributed by atoms with Gasteiger partial charge in [0.2, 0.25) is 0 Å². The monoisotopic (exact) mass is 233 g/mol. The molecule has 2 aromatic heterocycles. The van der Waals surface area contributed by atoms with Crippen molar-refractivity contribution in [2.24, 2.45) is 0 Å². The summed E-state index contributed by atoms with van der Waals surface area (Å²) in [6.45, 7) is 6.25. The van der Waals surface area contributed by atoms with Crippen LogP contribution in [0.4, 0.5) is 5.82 Å². The highest BCUT2D eigenvalue weighted by atomic mass is 15.1. The first-order valence-corrected chi connectivity index (χ1v) is 5.90. The van der Waals surface area contributed by atoms with Crippen LogP contribution in [-0.2, 0) is 0 Å². The van der Waals surface area contributed by atoms with Crippen LogP contribution in [0, 0.1) is 0 Å². The molecule has 0 aliphatic heterocycles. The molecule has 0 aromatic carbocycles. The maximum absolute atomic E-state index is 4.26. The molecule has 0 amide bonds. The van der Waals surface area contributed by atoms with Crippen molar-refractivity contribution >= 4 is 16.9 Å². The minimum absolute atomic E-state index is 0.564. The standard InChI is InChI=1S/C12H19N5/c1-9(2)17(3)7-6-14-12-10-4-5-13-11(10)15-8-16-12/h4-5,8-9H,6-7H2,1-3H3,(H2,13,14,15,16). The number of anilines is 1. The molecular weight excluding hydrogens is 214 g/mol. The first-order chi connectivity index (χ1) is 8.18. The van der Waals surface area contributed by atoms with Gasteiger partial charge in [0.1, 0.15) is 17.8 Å². The van der Waals surface area contributed by atoms with Gasteiger partial charge in [-0.25, -0.2) is 9.97 Å². The zero-order chi connectivity index (χ0) is 12.3. The minimum atomic E-state index is 0.564. The summed E-state index contributed by atoms with van der Waals surface area (Å²) in [4.78, 5) is 13.8. The summed E-state index contributed by atoms with van der Waals surface area (Å²) in [6, 6.07) is 2.55. The number of fused-ring (bicyclic) bond motifs is 1. The number of hydrogen-bond acceptors (Lipinski definition) is 4. The number of H-pyrrole nitrogens is 1. The molecule has 0 saturated carbocycles. The van der Waals surface area contributed by atoms with Crippen LogP contribution < -0.4 is 5.32 Å². The van der Waals surface area contributed by atoms with Crippen molar-refractivity contribution in [1.82, 2.24) is 19.9 Å². The molecule has 0 radical (unpaired) electrons. The summed E-state index contributed by atoms with van der Waals surface area (Å²) in [5, 5.41) is 4.39. The largest absolute Gasteiger partial charge is 0.368 e. The summed E-state index contributed by atoms with van der Waals surface area (Å²) in [5.74, 6) is 0.897. The van der Waals surface area contributed by atoms with Crippen LogP contribution in [0.5, 0.6) is 0 Å². The predicted octanol–water partition coefficient (Wildman–Crippen LogP) is 1.71. The first-order valence-electron chi connectivity index (χ1n) is 5.90. The lowest BCUT2D eigenvalue weighted by Crippen LogP contribution is -2.31. The first kappa shape index (κ1) is 11.9. The second-order valence-corrected chi connectivity index (χ2v) is 4.46. The Balaban J connectivity index is 1.97. The van der Waals surface area contributed by atoms with Crippen molar-refractivity contribution in [2.75, 3.05) is 25.5 Å². The summed E-state index contributed by atoms with van der Waals surface area (Å²) in [6.07, 6.45) is 3.46. The number of nitrogens with one attached hydrogen (secondary N) is 2. The van der Waals surface area contributed by atoms with Gasteiger partial charge in [-0.1, -0.05) is 0 Å². The fourth-order valence-corrected chi connectivity index (χ4v) is 1.62. The normalized spacial score (nSPS) is 11.6. The number of rotatable bonds is 5. The predicted molar refractivity (Wildman–Crippen MR) is 70.1 cm³/mol. The van der Waals surface area contributed by atoms with Gasteiger partial charge < -0.3 is 15.2 Å². The Morgan fingerprint density at radius 3 is 3.00 bits per heavy atom. The van der Waals surface area contributed by atoms with Crippen molar-refractivity contribution in [1.29, 1.82) is 0 Å². The van der Waals surface area contributed by atoms with Crippen LogP contribution in [0.15, 0.2) is 18.6 Å². The second-order valence-electron chi connectivity index (χ2n) is 4.46. The van der Waals surface area contributed by atoms with Gasteiger partial charge in [0, 0.05) is 25.3 Å². The Hall–Kier alpha value is -1.62. The van der Waals surface area contributed by atoms with E-state index < -0.39 is 0 Å². The van der Waals surface area contributed by atoms with E-state index in [0.717, 1.165) is 29.9 Å². The lowest BCUT2D eigenvalue weighted by atomic mass is 10.3. The molecule has 2 heterocycles. The third kappa shape index (κ3) is 2.74. The van der Waals surface area contributed by atoms with E-state index in [9.17, 15) is 0 Å².